The van der Waals surface area contributed by atoms with Crippen molar-refractivity contribution in [1.82, 2.24) is 4.90 Å². The molecular weight excluding hydrogens is 290 g/mol. The predicted octanol–water partition coefficient (Wildman–Crippen LogP) is 2.35. The van der Waals surface area contributed by atoms with E-state index in [4.69, 9.17) is 0 Å². The normalized spacial score (nSPS) is 22.4. The molecule has 1 aliphatic rings. The van der Waals surface area contributed by atoms with E-state index in [-0.39, 0.29) is 17.9 Å². The Bertz CT molecular complexity index is 391. The molecule has 1 N–H and O–H groups in total. The van der Waals surface area contributed by atoms with Crippen molar-refractivity contribution in [1.29, 1.82) is 0 Å². The topological polar surface area (TPSA) is 40.5 Å². The van der Waals surface area contributed by atoms with Gasteiger partial charge in [0.05, 0.1) is 15.5 Å². The number of amides is 1. The fraction of sp³-hybridized carbons (Fsp3) is 0.545. The molecule has 2 unspecified atom stereocenters. The second-order valence-corrected chi connectivity index (χ2v) is 6.47. The molecule has 1 aromatic rings. The molecule has 3 nitrogen and oxygen atoms in total. The summed E-state index contributed by atoms with van der Waals surface area (Å²) in [5, 5.41) is 11.3. The Morgan fingerprint density at radius 1 is 1.75 bits per heavy atom. The smallest absolute Gasteiger partial charge is 0.254 e. The van der Waals surface area contributed by atoms with Crippen LogP contribution in [-0.2, 0) is 0 Å². The van der Waals surface area contributed by atoms with Gasteiger partial charge >= 0.3 is 0 Å². The minimum Gasteiger partial charge on any atom is -0.393 e. The molecule has 0 saturated carbocycles. The highest BCUT2D eigenvalue weighted by Crippen LogP contribution is 2.25. The number of rotatable bonds is 2. The van der Waals surface area contributed by atoms with Crippen LogP contribution in [0.25, 0.3) is 0 Å². The lowest BCUT2D eigenvalue weighted by molar-refractivity contribution is 0.0763. The van der Waals surface area contributed by atoms with Crippen LogP contribution >= 0.6 is 27.3 Å². The maximum absolute atomic E-state index is 12.1. The molecule has 1 amide bonds. The average molecular weight is 304 g/mol. The van der Waals surface area contributed by atoms with E-state index in [1.165, 1.54) is 11.3 Å². The first kappa shape index (κ1) is 12.1. The first-order valence-corrected chi connectivity index (χ1v) is 6.96. The number of aliphatic hydroxyl groups is 1. The van der Waals surface area contributed by atoms with Crippen LogP contribution in [0.4, 0.5) is 0 Å². The van der Waals surface area contributed by atoms with Crippen LogP contribution in [0.3, 0.4) is 0 Å². The van der Waals surface area contributed by atoms with Gasteiger partial charge in [-0.1, -0.05) is 0 Å². The summed E-state index contributed by atoms with van der Waals surface area (Å²) in [6, 6.07) is 1.85. The van der Waals surface area contributed by atoms with Crippen LogP contribution in [0.15, 0.2) is 15.2 Å². The minimum atomic E-state index is -0.327. The number of halogens is 1. The number of aliphatic hydroxyl groups excluding tert-OH is 1. The fourth-order valence-corrected chi connectivity index (χ4v) is 3.10. The van der Waals surface area contributed by atoms with Crippen LogP contribution in [0.1, 0.15) is 23.7 Å². The second-order valence-electron chi connectivity index (χ2n) is 4.18. The average Bonchev–Trinajstić information content (AvgIpc) is 2.84. The van der Waals surface area contributed by atoms with E-state index in [1.807, 2.05) is 16.3 Å². The zero-order chi connectivity index (χ0) is 11.7. The molecule has 1 aliphatic heterocycles. The first-order valence-electron chi connectivity index (χ1n) is 5.29. The van der Waals surface area contributed by atoms with Crippen LogP contribution in [-0.4, -0.2) is 35.1 Å². The second kappa shape index (κ2) is 4.85. The molecule has 5 heteroatoms. The van der Waals surface area contributed by atoms with Crippen molar-refractivity contribution in [2.75, 3.05) is 13.1 Å². The van der Waals surface area contributed by atoms with Crippen molar-refractivity contribution in [3.63, 3.8) is 0 Å². The third kappa shape index (κ3) is 2.47. The summed E-state index contributed by atoms with van der Waals surface area (Å²) in [6.07, 6.45) is 0.571. The van der Waals surface area contributed by atoms with Gasteiger partial charge in [0.1, 0.15) is 0 Å². The highest BCUT2D eigenvalue weighted by molar-refractivity contribution is 9.11. The Kier molecular flexibility index (Phi) is 3.66. The van der Waals surface area contributed by atoms with Gasteiger partial charge in [0, 0.05) is 24.4 Å². The number of hydrogen-bond donors (Lipinski definition) is 1. The van der Waals surface area contributed by atoms with Gasteiger partial charge in [-0.3, -0.25) is 4.79 Å². The molecule has 2 atom stereocenters. The van der Waals surface area contributed by atoms with Crippen molar-refractivity contribution < 1.29 is 9.90 Å². The third-order valence-electron chi connectivity index (χ3n) is 3.01. The van der Waals surface area contributed by atoms with E-state index in [9.17, 15) is 9.90 Å². The maximum atomic E-state index is 12.1. The molecule has 0 bridgehead atoms. The SMILES string of the molecule is CC(O)C1CCN(C(=O)c2csc(Br)c2)C1. The molecular formula is C11H14BrNO2S. The number of thiophene rings is 1. The van der Waals surface area contributed by atoms with Gasteiger partial charge < -0.3 is 10.0 Å². The third-order valence-corrected chi connectivity index (χ3v) is 4.51. The summed E-state index contributed by atoms with van der Waals surface area (Å²) >= 11 is 4.87. The van der Waals surface area contributed by atoms with Gasteiger partial charge in [-0.2, -0.15) is 0 Å². The van der Waals surface area contributed by atoms with E-state index in [0.29, 0.717) is 6.54 Å². The highest BCUT2D eigenvalue weighted by Gasteiger charge is 2.29. The Labute approximate surface area is 107 Å². The maximum Gasteiger partial charge on any atom is 0.254 e. The van der Waals surface area contributed by atoms with Gasteiger partial charge in [0.15, 0.2) is 0 Å². The summed E-state index contributed by atoms with van der Waals surface area (Å²) in [4.78, 5) is 13.9. The zero-order valence-electron chi connectivity index (χ0n) is 9.02. The van der Waals surface area contributed by atoms with Gasteiger partial charge in [-0.15, -0.1) is 11.3 Å². The number of likely N-dealkylation sites (tertiary alicyclic amines) is 1. The summed E-state index contributed by atoms with van der Waals surface area (Å²) in [7, 11) is 0. The minimum absolute atomic E-state index is 0.0742. The molecule has 0 aliphatic carbocycles. The van der Waals surface area contributed by atoms with E-state index in [0.717, 1.165) is 22.3 Å². The lowest BCUT2D eigenvalue weighted by Gasteiger charge is -2.16. The van der Waals surface area contributed by atoms with Gasteiger partial charge in [0.25, 0.3) is 5.91 Å². The molecule has 1 fully saturated rings. The van der Waals surface area contributed by atoms with Crippen molar-refractivity contribution >= 4 is 33.2 Å². The molecule has 88 valence electrons. The van der Waals surface area contributed by atoms with Crippen LogP contribution in [0, 0.1) is 5.92 Å². The quantitative estimate of drug-likeness (QED) is 0.911. The summed E-state index contributed by atoms with van der Waals surface area (Å²) in [6.45, 7) is 3.21. The van der Waals surface area contributed by atoms with Crippen molar-refractivity contribution in [3.8, 4) is 0 Å². The molecule has 0 radical (unpaired) electrons. The number of hydrogen-bond acceptors (Lipinski definition) is 3. The molecule has 1 saturated heterocycles. The first-order chi connectivity index (χ1) is 7.58. The zero-order valence-corrected chi connectivity index (χ0v) is 11.4. The van der Waals surface area contributed by atoms with Crippen LogP contribution in [0.5, 0.6) is 0 Å². The van der Waals surface area contributed by atoms with Gasteiger partial charge in [-0.25, -0.2) is 0 Å². The Hall–Kier alpha value is -0.390. The van der Waals surface area contributed by atoms with E-state index < -0.39 is 0 Å². The Balaban J connectivity index is 2.02. The lowest BCUT2D eigenvalue weighted by atomic mass is 10.0. The molecule has 2 heterocycles. The fourth-order valence-electron chi connectivity index (χ4n) is 1.97. The van der Waals surface area contributed by atoms with Gasteiger partial charge in [0.2, 0.25) is 0 Å². The molecule has 0 spiro atoms. The molecule has 0 aromatic carbocycles. The molecule has 2 rings (SSSR count). The number of carbonyl (C=O) groups is 1. The largest absolute Gasteiger partial charge is 0.393 e. The standard InChI is InChI=1S/C11H14BrNO2S/c1-7(14)8-2-3-13(5-8)11(15)9-4-10(12)16-6-9/h4,6-8,14H,2-3,5H2,1H3. The van der Waals surface area contributed by atoms with Crippen molar-refractivity contribution in [2.45, 2.75) is 19.4 Å². The van der Waals surface area contributed by atoms with Crippen molar-refractivity contribution in [3.05, 3.63) is 20.8 Å². The van der Waals surface area contributed by atoms with Crippen LogP contribution in [0.2, 0.25) is 0 Å². The van der Waals surface area contributed by atoms with Crippen LogP contribution < -0.4 is 0 Å². The number of nitrogens with zero attached hydrogens (tertiary/aromatic N) is 1. The monoisotopic (exact) mass is 303 g/mol. The Morgan fingerprint density at radius 2 is 2.50 bits per heavy atom. The van der Waals surface area contributed by atoms with Gasteiger partial charge in [-0.05, 0) is 35.3 Å². The van der Waals surface area contributed by atoms with E-state index in [1.54, 1.807) is 6.92 Å². The van der Waals surface area contributed by atoms with E-state index >= 15 is 0 Å². The predicted molar refractivity (Wildman–Crippen MR) is 67.7 cm³/mol. The molecule has 1 aromatic heterocycles. The summed E-state index contributed by atoms with van der Waals surface area (Å²) < 4.78 is 0.974. The Morgan fingerprint density at radius 3 is 3.00 bits per heavy atom. The summed E-state index contributed by atoms with van der Waals surface area (Å²) in [5.74, 6) is 0.302. The molecule has 16 heavy (non-hydrogen) atoms. The number of carbonyl (C=O) groups excluding carboxylic acids is 1. The lowest BCUT2D eigenvalue weighted by Crippen LogP contribution is -2.30. The summed E-state index contributed by atoms with van der Waals surface area (Å²) in [5.41, 5.74) is 0.739. The van der Waals surface area contributed by atoms with Crippen molar-refractivity contribution in [2.24, 2.45) is 5.92 Å². The highest BCUT2D eigenvalue weighted by atomic mass is 79.9. The van der Waals surface area contributed by atoms with E-state index in [2.05, 4.69) is 15.9 Å².